The van der Waals surface area contributed by atoms with Crippen molar-refractivity contribution >= 4 is 11.9 Å². The van der Waals surface area contributed by atoms with Gasteiger partial charge in [-0.2, -0.15) is 0 Å². The predicted molar refractivity (Wildman–Crippen MR) is 69.5 cm³/mol. The molecular formula is C14H14NNaO3. The molecule has 2 aromatic carbocycles. The Labute approximate surface area is 135 Å². The van der Waals surface area contributed by atoms with Crippen LogP contribution in [0.25, 0.3) is 0 Å². The van der Waals surface area contributed by atoms with Crippen molar-refractivity contribution in [3.05, 3.63) is 71.8 Å². The van der Waals surface area contributed by atoms with E-state index in [9.17, 15) is 9.59 Å². The zero-order valence-corrected chi connectivity index (χ0v) is 12.6. The van der Waals surface area contributed by atoms with Crippen molar-refractivity contribution < 1.29 is 45.7 Å². The molecule has 5 heteroatoms. The number of carbonyl (C=O) groups is 2. The number of benzene rings is 2. The molecule has 0 aliphatic carbocycles. The molecule has 0 aromatic heterocycles. The molecule has 0 unspecified atom stereocenters. The molecule has 94 valence electrons. The van der Waals surface area contributed by atoms with E-state index < -0.39 is 5.97 Å². The molecule has 1 amide bonds. The van der Waals surface area contributed by atoms with Crippen molar-refractivity contribution in [3.8, 4) is 0 Å². The van der Waals surface area contributed by atoms with Crippen LogP contribution in [0.15, 0.2) is 60.7 Å². The molecule has 0 heterocycles. The normalized spacial score (nSPS) is 8.42. The molecule has 3 N–H and O–H groups in total. The zero-order chi connectivity index (χ0) is 13.4. The third kappa shape index (κ3) is 6.76. The molecule has 0 aliphatic rings. The molecule has 0 bridgehead atoms. The minimum atomic E-state index is -0.879. The van der Waals surface area contributed by atoms with Gasteiger partial charge in [-0.1, -0.05) is 36.4 Å². The first kappa shape index (κ1) is 17.4. The van der Waals surface area contributed by atoms with Gasteiger partial charge in [-0.25, -0.2) is 4.79 Å². The zero-order valence-electron chi connectivity index (χ0n) is 11.6. The number of carboxylic acids is 1. The van der Waals surface area contributed by atoms with Crippen LogP contribution in [0.4, 0.5) is 0 Å². The van der Waals surface area contributed by atoms with Crippen molar-refractivity contribution in [2.45, 2.75) is 0 Å². The van der Waals surface area contributed by atoms with Crippen LogP contribution >= 0.6 is 0 Å². The van der Waals surface area contributed by atoms with Crippen molar-refractivity contribution in [2.75, 3.05) is 0 Å². The number of rotatable bonds is 2. The van der Waals surface area contributed by atoms with Gasteiger partial charge in [-0.3, -0.25) is 4.79 Å². The number of carbonyl (C=O) groups excluding carboxylic acids is 1. The summed E-state index contributed by atoms with van der Waals surface area (Å²) in [5.74, 6) is -1.26. The molecule has 0 radical (unpaired) electrons. The fraction of sp³-hybridized carbons (Fsp3) is 0. The van der Waals surface area contributed by atoms with Crippen molar-refractivity contribution in [3.63, 3.8) is 0 Å². The monoisotopic (exact) mass is 267 g/mol. The van der Waals surface area contributed by atoms with Crippen LogP contribution in [-0.4, -0.2) is 17.0 Å². The number of aromatic carboxylic acids is 1. The second-order valence-corrected chi connectivity index (χ2v) is 3.40. The van der Waals surface area contributed by atoms with Gasteiger partial charge in [0, 0.05) is 5.56 Å². The van der Waals surface area contributed by atoms with E-state index >= 15 is 0 Å². The van der Waals surface area contributed by atoms with Gasteiger partial charge in [0.05, 0.1) is 5.56 Å². The second-order valence-electron chi connectivity index (χ2n) is 3.40. The predicted octanol–water partition coefficient (Wildman–Crippen LogP) is -0.713. The number of amides is 1. The Balaban J connectivity index is 0. The van der Waals surface area contributed by atoms with E-state index in [1.165, 1.54) is 0 Å². The number of carboxylic acid groups (broad SMARTS) is 1. The van der Waals surface area contributed by atoms with Crippen LogP contribution in [-0.2, 0) is 0 Å². The van der Waals surface area contributed by atoms with Crippen LogP contribution in [0.3, 0.4) is 0 Å². The summed E-state index contributed by atoms with van der Waals surface area (Å²) in [5, 5.41) is 8.38. The smallest absolute Gasteiger partial charge is 1.00 e. The average Bonchev–Trinajstić information content (AvgIpc) is 2.41. The van der Waals surface area contributed by atoms with Crippen LogP contribution in [0.1, 0.15) is 22.1 Å². The average molecular weight is 267 g/mol. The number of hydrogen-bond acceptors (Lipinski definition) is 2. The standard InChI is InChI=1S/C7H7NO.C7H6O2.Na.H/c2*8-7(9)6-4-2-1-3-5-6;;/h1-5H,(H2,8,9);1-5H,(H,8,9);;/q;;+1;-1. The fourth-order valence-corrected chi connectivity index (χ4v) is 1.18. The Kier molecular flexibility index (Phi) is 8.53. The van der Waals surface area contributed by atoms with E-state index in [-0.39, 0.29) is 36.9 Å². The minimum Gasteiger partial charge on any atom is -1.00 e. The Hall–Kier alpha value is -1.62. The van der Waals surface area contributed by atoms with Gasteiger partial charge in [0.1, 0.15) is 0 Å². The second kappa shape index (κ2) is 9.33. The first-order valence-corrected chi connectivity index (χ1v) is 5.24. The molecule has 0 fully saturated rings. The number of primary amides is 1. The number of hydrogen-bond donors (Lipinski definition) is 2. The van der Waals surface area contributed by atoms with Gasteiger partial charge < -0.3 is 12.3 Å². The van der Waals surface area contributed by atoms with E-state index in [0.29, 0.717) is 11.1 Å². The maximum atomic E-state index is 10.4. The van der Waals surface area contributed by atoms with Crippen molar-refractivity contribution in [1.82, 2.24) is 0 Å². The molecule has 0 aliphatic heterocycles. The van der Waals surface area contributed by atoms with E-state index in [0.717, 1.165) is 0 Å². The summed E-state index contributed by atoms with van der Waals surface area (Å²) in [6.07, 6.45) is 0. The third-order valence-electron chi connectivity index (χ3n) is 2.08. The fourth-order valence-electron chi connectivity index (χ4n) is 1.18. The first-order valence-electron chi connectivity index (χ1n) is 5.24. The Bertz CT molecular complexity index is 471. The third-order valence-corrected chi connectivity index (χ3v) is 2.08. The molecule has 4 nitrogen and oxygen atoms in total. The Morgan fingerprint density at radius 3 is 1.42 bits per heavy atom. The minimum absolute atomic E-state index is 0. The topological polar surface area (TPSA) is 80.4 Å². The maximum Gasteiger partial charge on any atom is 1.00 e. The van der Waals surface area contributed by atoms with E-state index in [4.69, 9.17) is 10.8 Å². The van der Waals surface area contributed by atoms with Gasteiger partial charge in [-0.15, -0.1) is 0 Å². The van der Waals surface area contributed by atoms with Gasteiger partial charge >= 0.3 is 35.5 Å². The molecule has 2 rings (SSSR count). The largest absolute Gasteiger partial charge is 1.00 e. The molecule has 0 spiro atoms. The molecule has 19 heavy (non-hydrogen) atoms. The van der Waals surface area contributed by atoms with Gasteiger partial charge in [0.15, 0.2) is 0 Å². The molecule has 0 atom stereocenters. The Morgan fingerprint density at radius 2 is 1.21 bits per heavy atom. The van der Waals surface area contributed by atoms with Crippen LogP contribution in [0, 0.1) is 0 Å². The maximum absolute atomic E-state index is 10.4. The summed E-state index contributed by atoms with van der Waals surface area (Å²) < 4.78 is 0. The van der Waals surface area contributed by atoms with E-state index in [1.54, 1.807) is 54.6 Å². The quantitative estimate of drug-likeness (QED) is 0.705. The molecular weight excluding hydrogens is 253 g/mol. The van der Waals surface area contributed by atoms with Gasteiger partial charge in [0.2, 0.25) is 5.91 Å². The van der Waals surface area contributed by atoms with Gasteiger partial charge in [-0.05, 0) is 24.3 Å². The summed E-state index contributed by atoms with van der Waals surface area (Å²) in [7, 11) is 0. The van der Waals surface area contributed by atoms with Crippen LogP contribution < -0.4 is 35.3 Å². The summed E-state index contributed by atoms with van der Waals surface area (Å²) in [5.41, 5.74) is 5.86. The van der Waals surface area contributed by atoms with Crippen LogP contribution in [0.5, 0.6) is 0 Å². The van der Waals surface area contributed by atoms with Crippen LogP contribution in [0.2, 0.25) is 0 Å². The molecule has 2 aromatic rings. The summed E-state index contributed by atoms with van der Waals surface area (Å²) in [6, 6.07) is 17.1. The Morgan fingerprint density at radius 1 is 0.842 bits per heavy atom. The summed E-state index contributed by atoms with van der Waals surface area (Å²) in [6.45, 7) is 0. The van der Waals surface area contributed by atoms with E-state index in [2.05, 4.69) is 0 Å². The SMILES string of the molecule is NC(=O)c1ccccc1.O=C(O)c1ccccc1.[H-].[Na+]. The molecule has 0 saturated carbocycles. The summed E-state index contributed by atoms with van der Waals surface area (Å²) >= 11 is 0. The first-order chi connectivity index (χ1) is 8.61. The van der Waals surface area contributed by atoms with Gasteiger partial charge in [0.25, 0.3) is 0 Å². The van der Waals surface area contributed by atoms with Crippen molar-refractivity contribution in [1.29, 1.82) is 0 Å². The van der Waals surface area contributed by atoms with E-state index in [1.807, 2.05) is 6.07 Å². The summed E-state index contributed by atoms with van der Waals surface area (Å²) in [4.78, 5) is 20.6. The number of nitrogens with two attached hydrogens (primary N) is 1. The van der Waals surface area contributed by atoms with Crippen molar-refractivity contribution in [2.24, 2.45) is 5.73 Å². The molecule has 0 saturated heterocycles.